The van der Waals surface area contributed by atoms with E-state index in [1.807, 2.05) is 30.1 Å². The van der Waals surface area contributed by atoms with Crippen molar-refractivity contribution in [1.29, 1.82) is 0 Å². The molecule has 0 aromatic heterocycles. The normalized spacial score (nSPS) is 21.7. The number of methoxy groups -OCH3 is 1. The highest BCUT2D eigenvalue weighted by molar-refractivity contribution is 8.27. The second-order valence-corrected chi connectivity index (χ2v) is 6.69. The summed E-state index contributed by atoms with van der Waals surface area (Å²) in [7, 11) is 3.58. The minimum atomic E-state index is -0.121. The molecule has 0 radical (unpaired) electrons. The second kappa shape index (κ2) is 4.73. The van der Waals surface area contributed by atoms with Crippen LogP contribution in [0.2, 0.25) is 0 Å². The second-order valence-electron chi connectivity index (χ2n) is 3.97. The summed E-state index contributed by atoms with van der Waals surface area (Å²) in [6.07, 6.45) is 0. The van der Waals surface area contributed by atoms with Crippen molar-refractivity contribution in [2.24, 2.45) is 0 Å². The Hall–Kier alpha value is -1.18. The van der Waals surface area contributed by atoms with Gasteiger partial charge in [0.05, 0.1) is 17.8 Å². The molecule has 1 fully saturated rings. The van der Waals surface area contributed by atoms with Crippen molar-refractivity contribution < 1.29 is 9.53 Å². The first-order valence-corrected chi connectivity index (χ1v) is 7.51. The Morgan fingerprint density at radius 2 is 2.16 bits per heavy atom. The molecule has 2 aliphatic rings. The Morgan fingerprint density at radius 3 is 2.79 bits per heavy atom. The largest absolute Gasteiger partial charge is 0.497 e. The number of ether oxygens (including phenoxy) is 1. The number of fused-ring (bicyclic) bond motifs is 1. The standard InChI is InChI=1S/C12H10N2O2S3/c1-14-7-5-6(16-2)3-4-8(7)18-11(14)9-10(15)13-12(17)19-9/h3-5H,1-2H3,(H,13,15,17). The lowest BCUT2D eigenvalue weighted by molar-refractivity contribution is -0.115. The molecule has 1 saturated heterocycles. The van der Waals surface area contributed by atoms with Gasteiger partial charge in [0.1, 0.15) is 15.0 Å². The summed E-state index contributed by atoms with van der Waals surface area (Å²) in [5.74, 6) is 0.681. The topological polar surface area (TPSA) is 41.6 Å². The van der Waals surface area contributed by atoms with E-state index >= 15 is 0 Å². The van der Waals surface area contributed by atoms with Gasteiger partial charge >= 0.3 is 0 Å². The van der Waals surface area contributed by atoms with Crippen LogP contribution in [-0.2, 0) is 4.79 Å². The maximum absolute atomic E-state index is 11.8. The maximum atomic E-state index is 11.8. The van der Waals surface area contributed by atoms with Crippen molar-refractivity contribution in [3.05, 3.63) is 28.1 Å². The molecule has 4 nitrogen and oxygen atoms in total. The molecule has 0 atom stereocenters. The minimum absolute atomic E-state index is 0.121. The molecular formula is C12H10N2O2S3. The molecule has 7 heteroatoms. The molecular weight excluding hydrogens is 300 g/mol. The number of benzene rings is 1. The van der Waals surface area contributed by atoms with Gasteiger partial charge in [0.15, 0.2) is 0 Å². The number of rotatable bonds is 1. The van der Waals surface area contributed by atoms with E-state index in [9.17, 15) is 4.79 Å². The first kappa shape index (κ1) is 12.8. The van der Waals surface area contributed by atoms with E-state index in [-0.39, 0.29) is 5.91 Å². The van der Waals surface area contributed by atoms with Crippen LogP contribution in [0.3, 0.4) is 0 Å². The number of nitrogens with one attached hydrogen (secondary N) is 1. The summed E-state index contributed by atoms with van der Waals surface area (Å²) >= 11 is 7.91. The Kier molecular flexibility index (Phi) is 3.20. The molecule has 2 heterocycles. The molecule has 1 aromatic rings. The molecule has 1 aromatic carbocycles. The van der Waals surface area contributed by atoms with Gasteiger partial charge in [-0.15, -0.1) is 0 Å². The zero-order valence-electron chi connectivity index (χ0n) is 10.2. The highest BCUT2D eigenvalue weighted by atomic mass is 32.2. The summed E-state index contributed by atoms with van der Waals surface area (Å²) in [4.78, 5) is 15.6. The third-order valence-electron chi connectivity index (χ3n) is 2.85. The first-order valence-electron chi connectivity index (χ1n) is 5.47. The van der Waals surface area contributed by atoms with Gasteiger partial charge in [0.25, 0.3) is 5.91 Å². The van der Waals surface area contributed by atoms with Gasteiger partial charge in [0.2, 0.25) is 0 Å². The highest BCUT2D eigenvalue weighted by Crippen LogP contribution is 2.49. The van der Waals surface area contributed by atoms with Gasteiger partial charge in [-0.05, 0) is 12.1 Å². The quantitative estimate of drug-likeness (QED) is 0.635. The summed E-state index contributed by atoms with van der Waals surface area (Å²) in [6.45, 7) is 0. The molecule has 1 amide bonds. The fourth-order valence-corrected chi connectivity index (χ4v) is 4.26. The van der Waals surface area contributed by atoms with Crippen LogP contribution in [0.15, 0.2) is 33.0 Å². The number of carbonyl (C=O) groups excluding carboxylic acids is 1. The number of carbonyl (C=O) groups is 1. The predicted molar refractivity (Wildman–Crippen MR) is 82.6 cm³/mol. The predicted octanol–water partition coefficient (Wildman–Crippen LogP) is 2.55. The number of amides is 1. The van der Waals surface area contributed by atoms with Crippen LogP contribution >= 0.6 is 35.7 Å². The average Bonchev–Trinajstić information content (AvgIpc) is 2.89. The number of anilines is 1. The van der Waals surface area contributed by atoms with E-state index in [0.717, 1.165) is 21.4 Å². The Morgan fingerprint density at radius 1 is 1.37 bits per heavy atom. The number of hydrogen-bond acceptors (Lipinski definition) is 6. The average molecular weight is 310 g/mol. The fourth-order valence-electron chi connectivity index (χ4n) is 1.91. The molecule has 98 valence electrons. The monoisotopic (exact) mass is 310 g/mol. The number of thioether (sulfide) groups is 2. The number of thiocarbonyl (C=S) groups is 1. The Balaban J connectivity index is 2.04. The van der Waals surface area contributed by atoms with Crippen LogP contribution < -0.4 is 15.0 Å². The van der Waals surface area contributed by atoms with Gasteiger partial charge in [0, 0.05) is 18.0 Å². The van der Waals surface area contributed by atoms with E-state index in [1.54, 1.807) is 18.9 Å². The molecule has 0 saturated carbocycles. The summed E-state index contributed by atoms with van der Waals surface area (Å²) in [5.41, 5.74) is 1.04. The van der Waals surface area contributed by atoms with E-state index in [1.165, 1.54) is 11.8 Å². The molecule has 0 bridgehead atoms. The molecule has 2 aliphatic heterocycles. The lowest BCUT2D eigenvalue weighted by Gasteiger charge is -2.15. The first-order chi connectivity index (χ1) is 9.10. The van der Waals surface area contributed by atoms with Gasteiger partial charge in [-0.1, -0.05) is 35.7 Å². The van der Waals surface area contributed by atoms with Crippen LogP contribution in [0, 0.1) is 0 Å². The van der Waals surface area contributed by atoms with E-state index in [4.69, 9.17) is 17.0 Å². The third-order valence-corrected chi connectivity index (χ3v) is 5.44. The third kappa shape index (κ3) is 2.11. The van der Waals surface area contributed by atoms with Crippen molar-refractivity contribution in [1.82, 2.24) is 5.32 Å². The van der Waals surface area contributed by atoms with Crippen molar-refractivity contribution in [2.75, 3.05) is 19.1 Å². The zero-order chi connectivity index (χ0) is 13.6. The van der Waals surface area contributed by atoms with Crippen molar-refractivity contribution in [2.45, 2.75) is 4.90 Å². The van der Waals surface area contributed by atoms with Crippen LogP contribution in [-0.4, -0.2) is 24.4 Å². The van der Waals surface area contributed by atoms with E-state index < -0.39 is 0 Å². The molecule has 1 N–H and O–H groups in total. The SMILES string of the molecule is COc1ccc2c(c1)N(C)C(=C1SC(=S)NC1=O)S2. The van der Waals surface area contributed by atoms with Crippen molar-refractivity contribution in [3.8, 4) is 5.75 Å². The lowest BCUT2D eigenvalue weighted by Crippen LogP contribution is -2.20. The Bertz CT molecular complexity index is 627. The lowest BCUT2D eigenvalue weighted by atomic mass is 10.3. The van der Waals surface area contributed by atoms with Crippen molar-refractivity contribution in [3.63, 3.8) is 0 Å². The summed E-state index contributed by atoms with van der Waals surface area (Å²) in [5, 5.41) is 3.55. The molecule has 0 aliphatic carbocycles. The molecule has 0 unspecified atom stereocenters. The van der Waals surface area contributed by atoms with Gasteiger partial charge in [-0.3, -0.25) is 4.79 Å². The maximum Gasteiger partial charge on any atom is 0.266 e. The van der Waals surface area contributed by atoms with Gasteiger partial charge in [-0.25, -0.2) is 0 Å². The van der Waals surface area contributed by atoms with Gasteiger partial charge < -0.3 is 15.0 Å². The summed E-state index contributed by atoms with van der Waals surface area (Å²) < 4.78 is 5.74. The van der Waals surface area contributed by atoms with Crippen LogP contribution in [0.25, 0.3) is 0 Å². The Labute approximate surface area is 124 Å². The minimum Gasteiger partial charge on any atom is -0.497 e. The fraction of sp³-hybridized carbons (Fsp3) is 0.167. The molecule has 0 spiro atoms. The van der Waals surface area contributed by atoms with Crippen molar-refractivity contribution >= 4 is 51.7 Å². The van der Waals surface area contributed by atoms with E-state index in [0.29, 0.717) is 9.23 Å². The molecule has 19 heavy (non-hydrogen) atoms. The van der Waals surface area contributed by atoms with Crippen LogP contribution in [0.4, 0.5) is 5.69 Å². The van der Waals surface area contributed by atoms with Crippen LogP contribution in [0.1, 0.15) is 0 Å². The van der Waals surface area contributed by atoms with Gasteiger partial charge in [-0.2, -0.15) is 0 Å². The smallest absolute Gasteiger partial charge is 0.266 e. The number of hydrogen-bond donors (Lipinski definition) is 1. The van der Waals surface area contributed by atoms with Crippen LogP contribution in [0.5, 0.6) is 5.75 Å². The molecule has 3 rings (SSSR count). The van der Waals surface area contributed by atoms with E-state index in [2.05, 4.69) is 5.32 Å². The number of nitrogens with zero attached hydrogens (tertiary/aromatic N) is 1. The zero-order valence-corrected chi connectivity index (χ0v) is 12.7. The summed E-state index contributed by atoms with van der Waals surface area (Å²) in [6, 6.07) is 5.88. The highest BCUT2D eigenvalue weighted by Gasteiger charge is 2.33.